The van der Waals surface area contributed by atoms with E-state index in [1.54, 1.807) is 0 Å². The molecule has 2 bridgehead atoms. The van der Waals surface area contributed by atoms with Gasteiger partial charge in [0, 0.05) is 11.6 Å². The van der Waals surface area contributed by atoms with E-state index >= 15 is 0 Å². The third-order valence-corrected chi connectivity index (χ3v) is 3.67. The Morgan fingerprint density at radius 2 is 2.10 bits per heavy atom. The van der Waals surface area contributed by atoms with Crippen LogP contribution in [0, 0.1) is 0 Å². The number of piperidine rings is 1. The molecule has 2 aliphatic rings. The van der Waals surface area contributed by atoms with E-state index in [0.717, 1.165) is 6.04 Å². The van der Waals surface area contributed by atoms with Crippen molar-refractivity contribution in [2.45, 2.75) is 50.6 Å². The lowest BCUT2D eigenvalue weighted by molar-refractivity contribution is 0.0982. The monoisotopic (exact) mass is 139 g/mol. The van der Waals surface area contributed by atoms with Crippen LogP contribution in [0.25, 0.3) is 0 Å². The molecule has 2 fully saturated rings. The molecule has 0 radical (unpaired) electrons. The third-order valence-electron chi connectivity index (χ3n) is 3.67. The Hall–Kier alpha value is -0.0400. The highest BCUT2D eigenvalue weighted by Gasteiger charge is 2.42. The Kier molecular flexibility index (Phi) is 1.31. The van der Waals surface area contributed by atoms with E-state index in [1.807, 2.05) is 0 Å². The summed E-state index contributed by atoms with van der Waals surface area (Å²) < 4.78 is 0. The van der Waals surface area contributed by atoms with Crippen molar-refractivity contribution in [3.8, 4) is 0 Å². The van der Waals surface area contributed by atoms with E-state index in [9.17, 15) is 0 Å². The first-order valence-electron chi connectivity index (χ1n) is 4.45. The molecule has 0 amide bonds. The number of nitrogens with zero attached hydrogens (tertiary/aromatic N) is 1. The van der Waals surface area contributed by atoms with Crippen molar-refractivity contribution >= 4 is 0 Å². The van der Waals surface area contributed by atoms with Gasteiger partial charge in [-0.3, -0.25) is 4.90 Å². The fourth-order valence-corrected chi connectivity index (χ4v) is 2.65. The molecule has 0 N–H and O–H groups in total. The summed E-state index contributed by atoms with van der Waals surface area (Å²) in [4.78, 5) is 2.61. The van der Waals surface area contributed by atoms with Gasteiger partial charge >= 0.3 is 0 Å². The molecule has 2 heterocycles. The van der Waals surface area contributed by atoms with Gasteiger partial charge < -0.3 is 0 Å². The van der Waals surface area contributed by atoms with Crippen molar-refractivity contribution < 1.29 is 0 Å². The summed E-state index contributed by atoms with van der Waals surface area (Å²) >= 11 is 0. The summed E-state index contributed by atoms with van der Waals surface area (Å²) in [6.45, 7) is 2.42. The Morgan fingerprint density at radius 1 is 1.30 bits per heavy atom. The van der Waals surface area contributed by atoms with Gasteiger partial charge in [-0.05, 0) is 39.7 Å². The summed E-state index contributed by atoms with van der Waals surface area (Å²) in [7, 11) is 2.30. The van der Waals surface area contributed by atoms with Crippen LogP contribution in [0.15, 0.2) is 0 Å². The molecule has 58 valence electrons. The van der Waals surface area contributed by atoms with Crippen LogP contribution in [-0.2, 0) is 0 Å². The molecule has 2 saturated heterocycles. The molecule has 0 aliphatic carbocycles. The Balaban J connectivity index is 2.21. The second-order valence-corrected chi connectivity index (χ2v) is 4.19. The molecular weight excluding hydrogens is 122 g/mol. The molecule has 0 saturated carbocycles. The molecule has 0 spiro atoms. The predicted octanol–water partition coefficient (Wildman–Crippen LogP) is 2.02. The predicted molar refractivity (Wildman–Crippen MR) is 43.0 cm³/mol. The van der Waals surface area contributed by atoms with E-state index in [-0.39, 0.29) is 0 Å². The molecular formula is C9H17N. The topological polar surface area (TPSA) is 3.24 Å². The highest BCUT2D eigenvalue weighted by atomic mass is 15.2. The van der Waals surface area contributed by atoms with Gasteiger partial charge in [0.2, 0.25) is 0 Å². The maximum Gasteiger partial charge on any atom is 0.0181 e. The van der Waals surface area contributed by atoms with Crippen molar-refractivity contribution in [2.24, 2.45) is 0 Å². The van der Waals surface area contributed by atoms with Crippen LogP contribution in [0.2, 0.25) is 0 Å². The second kappa shape index (κ2) is 1.97. The van der Waals surface area contributed by atoms with Crippen LogP contribution in [0.3, 0.4) is 0 Å². The van der Waals surface area contributed by atoms with E-state index in [1.165, 1.54) is 32.1 Å². The number of hydrogen-bond acceptors (Lipinski definition) is 1. The molecule has 1 nitrogen and oxygen atoms in total. The minimum atomic E-state index is 0.586. The number of fused-ring (bicyclic) bond motifs is 2. The minimum absolute atomic E-state index is 0.586. The molecule has 2 unspecified atom stereocenters. The Bertz CT molecular complexity index is 140. The number of hydrogen-bond donors (Lipinski definition) is 0. The fourth-order valence-electron chi connectivity index (χ4n) is 2.65. The van der Waals surface area contributed by atoms with Crippen molar-refractivity contribution in [3.05, 3.63) is 0 Å². The molecule has 0 aromatic rings. The summed E-state index contributed by atoms with van der Waals surface area (Å²) in [5, 5.41) is 0. The normalized spacial score (nSPS) is 48.0. The molecule has 10 heavy (non-hydrogen) atoms. The van der Waals surface area contributed by atoms with Crippen LogP contribution in [0.5, 0.6) is 0 Å². The highest BCUT2D eigenvalue weighted by molar-refractivity contribution is 4.99. The highest BCUT2D eigenvalue weighted by Crippen LogP contribution is 2.42. The first-order chi connectivity index (χ1) is 4.72. The smallest absolute Gasteiger partial charge is 0.0181 e. The minimum Gasteiger partial charge on any atom is -0.298 e. The first-order valence-corrected chi connectivity index (χ1v) is 4.45. The van der Waals surface area contributed by atoms with Crippen molar-refractivity contribution in [3.63, 3.8) is 0 Å². The molecule has 2 atom stereocenters. The van der Waals surface area contributed by atoms with Crippen LogP contribution >= 0.6 is 0 Å². The third kappa shape index (κ3) is 0.731. The molecule has 2 rings (SSSR count). The van der Waals surface area contributed by atoms with Gasteiger partial charge in [-0.25, -0.2) is 0 Å². The second-order valence-electron chi connectivity index (χ2n) is 4.19. The van der Waals surface area contributed by atoms with Crippen molar-refractivity contribution in [1.82, 2.24) is 4.90 Å². The lowest BCUT2D eigenvalue weighted by Crippen LogP contribution is -2.45. The van der Waals surface area contributed by atoms with Crippen LogP contribution in [0.4, 0.5) is 0 Å². The molecule has 1 heteroatoms. The average molecular weight is 139 g/mol. The van der Waals surface area contributed by atoms with Gasteiger partial charge in [-0.15, -0.1) is 0 Å². The molecule has 0 aromatic heterocycles. The lowest BCUT2D eigenvalue weighted by Gasteiger charge is -2.39. The van der Waals surface area contributed by atoms with Gasteiger partial charge in [0.05, 0.1) is 0 Å². The van der Waals surface area contributed by atoms with E-state index in [4.69, 9.17) is 0 Å². The van der Waals surface area contributed by atoms with Crippen LogP contribution in [0.1, 0.15) is 39.0 Å². The summed E-state index contributed by atoms with van der Waals surface area (Å²) in [5.41, 5.74) is 0.586. The quantitative estimate of drug-likeness (QED) is 0.496. The standard InChI is InChI=1S/C9H17N/c1-9-6-3-4-8(5-7-9)10(9)2/h8H,3-7H2,1-2H3. The summed E-state index contributed by atoms with van der Waals surface area (Å²) in [6.07, 6.45) is 7.23. The summed E-state index contributed by atoms with van der Waals surface area (Å²) in [6, 6.07) is 0.929. The van der Waals surface area contributed by atoms with Gasteiger partial charge in [0.15, 0.2) is 0 Å². The molecule has 2 aliphatic heterocycles. The van der Waals surface area contributed by atoms with Crippen LogP contribution in [-0.4, -0.2) is 23.5 Å². The zero-order chi connectivity index (χ0) is 7.19. The summed E-state index contributed by atoms with van der Waals surface area (Å²) in [5.74, 6) is 0. The molecule has 0 aromatic carbocycles. The average Bonchev–Trinajstić information content (AvgIpc) is 2.18. The lowest BCUT2D eigenvalue weighted by atomic mass is 9.91. The zero-order valence-corrected chi connectivity index (χ0v) is 7.06. The van der Waals surface area contributed by atoms with Gasteiger partial charge in [0.25, 0.3) is 0 Å². The van der Waals surface area contributed by atoms with Gasteiger partial charge in [0.1, 0.15) is 0 Å². The van der Waals surface area contributed by atoms with Gasteiger partial charge in [-0.1, -0.05) is 6.42 Å². The maximum absolute atomic E-state index is 2.61. The SMILES string of the molecule is CN1C2CCCC1(C)CC2. The zero-order valence-electron chi connectivity index (χ0n) is 7.06. The Labute approximate surface area is 63.4 Å². The van der Waals surface area contributed by atoms with E-state index in [0.29, 0.717) is 5.54 Å². The number of rotatable bonds is 0. The van der Waals surface area contributed by atoms with Crippen molar-refractivity contribution in [2.75, 3.05) is 7.05 Å². The van der Waals surface area contributed by atoms with Crippen LogP contribution < -0.4 is 0 Å². The van der Waals surface area contributed by atoms with E-state index in [2.05, 4.69) is 18.9 Å². The van der Waals surface area contributed by atoms with Crippen molar-refractivity contribution in [1.29, 1.82) is 0 Å². The first kappa shape index (κ1) is 6.66. The fraction of sp³-hybridized carbons (Fsp3) is 1.00. The maximum atomic E-state index is 2.61. The van der Waals surface area contributed by atoms with E-state index < -0.39 is 0 Å². The largest absolute Gasteiger partial charge is 0.298 e. The Morgan fingerprint density at radius 3 is 2.70 bits per heavy atom. The van der Waals surface area contributed by atoms with Gasteiger partial charge in [-0.2, -0.15) is 0 Å².